The van der Waals surface area contributed by atoms with Gasteiger partial charge >= 0.3 is 0 Å². The lowest BCUT2D eigenvalue weighted by molar-refractivity contribution is 0.102. The van der Waals surface area contributed by atoms with E-state index >= 15 is 0 Å². The van der Waals surface area contributed by atoms with Gasteiger partial charge in [-0.3, -0.25) is 9.89 Å². The standard InChI is InChI=1S/C20H22N4O3S/c1-14-5-2-3-10-24(14)28(26,27)18-7-4-6-15(12-18)20(25)22-17-8-9-19-16(11-17)13-21-23-19/h4,6-9,11-14H,2-3,5,10H2,1H3,(H,21,23)(H,22,25)/t14-/m1/s1. The van der Waals surface area contributed by atoms with Gasteiger partial charge in [0.2, 0.25) is 10.0 Å². The van der Waals surface area contributed by atoms with Gasteiger partial charge in [0.1, 0.15) is 0 Å². The maximum atomic E-state index is 13.0. The van der Waals surface area contributed by atoms with Gasteiger partial charge < -0.3 is 5.32 Å². The molecule has 1 aromatic heterocycles. The first-order valence-electron chi connectivity index (χ1n) is 9.31. The van der Waals surface area contributed by atoms with E-state index in [2.05, 4.69) is 15.5 Å². The zero-order chi connectivity index (χ0) is 19.7. The molecule has 7 nitrogen and oxygen atoms in total. The lowest BCUT2D eigenvalue weighted by Gasteiger charge is -2.32. The summed E-state index contributed by atoms with van der Waals surface area (Å²) in [6.45, 7) is 2.45. The smallest absolute Gasteiger partial charge is 0.255 e. The van der Waals surface area contributed by atoms with Crippen molar-refractivity contribution in [2.45, 2.75) is 37.1 Å². The van der Waals surface area contributed by atoms with Crippen molar-refractivity contribution in [3.8, 4) is 0 Å². The summed E-state index contributed by atoms with van der Waals surface area (Å²) in [7, 11) is -3.62. The minimum Gasteiger partial charge on any atom is -0.322 e. The number of amides is 1. The normalized spacial score (nSPS) is 18.2. The summed E-state index contributed by atoms with van der Waals surface area (Å²) < 4.78 is 27.6. The molecule has 3 aromatic rings. The highest BCUT2D eigenvalue weighted by Crippen LogP contribution is 2.26. The van der Waals surface area contributed by atoms with Crippen molar-refractivity contribution in [2.75, 3.05) is 11.9 Å². The molecule has 0 spiro atoms. The Morgan fingerprint density at radius 2 is 2.07 bits per heavy atom. The summed E-state index contributed by atoms with van der Waals surface area (Å²) in [5.74, 6) is -0.355. The molecule has 1 atom stereocenters. The predicted octanol–water partition coefficient (Wildman–Crippen LogP) is 3.38. The van der Waals surface area contributed by atoms with E-state index in [9.17, 15) is 13.2 Å². The first-order chi connectivity index (χ1) is 13.4. The topological polar surface area (TPSA) is 95.2 Å². The van der Waals surface area contributed by atoms with Crippen LogP contribution in [0.3, 0.4) is 0 Å². The number of sulfonamides is 1. The number of hydrogen-bond donors (Lipinski definition) is 2. The van der Waals surface area contributed by atoms with Crippen LogP contribution in [0.15, 0.2) is 53.6 Å². The van der Waals surface area contributed by atoms with Crippen LogP contribution in [-0.4, -0.2) is 41.4 Å². The van der Waals surface area contributed by atoms with E-state index in [-0.39, 0.29) is 16.8 Å². The monoisotopic (exact) mass is 398 g/mol. The second kappa shape index (κ2) is 7.37. The quantitative estimate of drug-likeness (QED) is 0.704. The molecule has 8 heteroatoms. The molecule has 2 aromatic carbocycles. The average molecular weight is 398 g/mol. The van der Waals surface area contributed by atoms with Crippen molar-refractivity contribution in [2.24, 2.45) is 0 Å². The molecule has 1 saturated heterocycles. The molecule has 2 N–H and O–H groups in total. The van der Waals surface area contributed by atoms with Gasteiger partial charge in [-0.15, -0.1) is 0 Å². The Labute approximate surface area is 163 Å². The van der Waals surface area contributed by atoms with Crippen LogP contribution in [0.2, 0.25) is 0 Å². The number of nitrogens with zero attached hydrogens (tertiary/aromatic N) is 2. The Morgan fingerprint density at radius 1 is 1.21 bits per heavy atom. The summed E-state index contributed by atoms with van der Waals surface area (Å²) in [4.78, 5) is 12.8. The van der Waals surface area contributed by atoms with Crippen LogP contribution in [0.5, 0.6) is 0 Å². The number of benzene rings is 2. The van der Waals surface area contributed by atoms with Gasteiger partial charge in [0.05, 0.1) is 16.6 Å². The third-order valence-electron chi connectivity index (χ3n) is 5.14. The molecule has 28 heavy (non-hydrogen) atoms. The van der Waals surface area contributed by atoms with Gasteiger partial charge in [-0.25, -0.2) is 8.42 Å². The van der Waals surface area contributed by atoms with Crippen molar-refractivity contribution in [3.05, 3.63) is 54.2 Å². The highest BCUT2D eigenvalue weighted by atomic mass is 32.2. The summed E-state index contributed by atoms with van der Waals surface area (Å²) >= 11 is 0. The minimum absolute atomic E-state index is 0.0297. The van der Waals surface area contributed by atoms with Crippen LogP contribution in [0.25, 0.3) is 10.9 Å². The van der Waals surface area contributed by atoms with Crippen molar-refractivity contribution in [3.63, 3.8) is 0 Å². The molecule has 4 rings (SSSR count). The number of carbonyl (C=O) groups excluding carboxylic acids is 1. The van der Waals surface area contributed by atoms with Gasteiger partial charge in [0, 0.05) is 29.2 Å². The first-order valence-corrected chi connectivity index (χ1v) is 10.8. The Kier molecular flexibility index (Phi) is 4.91. The molecule has 0 bridgehead atoms. The largest absolute Gasteiger partial charge is 0.322 e. The van der Waals surface area contributed by atoms with Gasteiger partial charge in [-0.1, -0.05) is 12.5 Å². The second-order valence-corrected chi connectivity index (χ2v) is 9.01. The summed E-state index contributed by atoms with van der Waals surface area (Å²) in [6.07, 6.45) is 4.44. The molecule has 1 amide bonds. The number of fused-ring (bicyclic) bond motifs is 1. The fraction of sp³-hybridized carbons (Fsp3) is 0.300. The maximum absolute atomic E-state index is 13.0. The fourth-order valence-corrected chi connectivity index (χ4v) is 5.33. The number of piperidine rings is 1. The van der Waals surface area contributed by atoms with E-state index in [0.29, 0.717) is 17.8 Å². The van der Waals surface area contributed by atoms with E-state index < -0.39 is 10.0 Å². The van der Waals surface area contributed by atoms with E-state index in [1.807, 2.05) is 19.1 Å². The van der Waals surface area contributed by atoms with Gasteiger partial charge in [-0.2, -0.15) is 9.40 Å². The SMILES string of the molecule is C[C@@H]1CCCCN1S(=O)(=O)c1cccc(C(=O)Nc2ccc3[nH]ncc3c2)c1. The second-order valence-electron chi connectivity index (χ2n) is 7.11. The molecule has 0 aliphatic carbocycles. The number of anilines is 1. The number of carbonyl (C=O) groups is 1. The number of hydrogen-bond acceptors (Lipinski definition) is 4. The van der Waals surface area contributed by atoms with Crippen molar-refractivity contribution < 1.29 is 13.2 Å². The van der Waals surface area contributed by atoms with Crippen LogP contribution in [-0.2, 0) is 10.0 Å². The van der Waals surface area contributed by atoms with Crippen LogP contribution in [0, 0.1) is 0 Å². The van der Waals surface area contributed by atoms with Crippen LogP contribution >= 0.6 is 0 Å². The van der Waals surface area contributed by atoms with Gasteiger partial charge in [-0.05, 0) is 56.2 Å². The van der Waals surface area contributed by atoms with Crippen molar-refractivity contribution in [1.29, 1.82) is 0 Å². The molecular formula is C20H22N4O3S. The predicted molar refractivity (Wildman–Crippen MR) is 108 cm³/mol. The highest BCUT2D eigenvalue weighted by molar-refractivity contribution is 7.89. The lowest BCUT2D eigenvalue weighted by Crippen LogP contribution is -2.41. The van der Waals surface area contributed by atoms with Crippen LogP contribution in [0.1, 0.15) is 36.5 Å². The lowest BCUT2D eigenvalue weighted by atomic mass is 10.1. The summed E-state index contributed by atoms with van der Waals surface area (Å²) in [5.41, 5.74) is 1.80. The van der Waals surface area contributed by atoms with E-state index in [4.69, 9.17) is 0 Å². The molecule has 146 valence electrons. The molecule has 1 fully saturated rings. The highest BCUT2D eigenvalue weighted by Gasteiger charge is 2.31. The van der Waals surface area contributed by atoms with E-state index in [1.165, 1.54) is 6.07 Å². The number of aromatic nitrogens is 2. The summed E-state index contributed by atoms with van der Waals surface area (Å²) in [5, 5.41) is 10.5. The molecule has 2 heterocycles. The van der Waals surface area contributed by atoms with E-state index in [0.717, 1.165) is 30.2 Å². The third kappa shape index (κ3) is 3.53. The summed E-state index contributed by atoms with van der Waals surface area (Å²) in [6, 6.07) is 11.6. The van der Waals surface area contributed by atoms with Gasteiger partial charge in [0.15, 0.2) is 0 Å². The first kappa shape index (κ1) is 18.6. The number of rotatable bonds is 4. The van der Waals surface area contributed by atoms with Gasteiger partial charge in [0.25, 0.3) is 5.91 Å². The number of nitrogens with one attached hydrogen (secondary N) is 2. The molecule has 0 saturated carbocycles. The minimum atomic E-state index is -3.62. The zero-order valence-corrected chi connectivity index (χ0v) is 16.4. The molecule has 0 radical (unpaired) electrons. The zero-order valence-electron chi connectivity index (χ0n) is 15.6. The molecule has 1 aliphatic rings. The Morgan fingerprint density at radius 3 is 2.89 bits per heavy atom. The molecule has 0 unspecified atom stereocenters. The Balaban J connectivity index is 1.58. The molecular weight excluding hydrogens is 376 g/mol. The van der Waals surface area contributed by atoms with Crippen molar-refractivity contribution in [1.82, 2.24) is 14.5 Å². The van der Waals surface area contributed by atoms with Crippen LogP contribution in [0.4, 0.5) is 5.69 Å². The number of H-pyrrole nitrogens is 1. The fourth-order valence-electron chi connectivity index (χ4n) is 3.59. The molecule has 1 aliphatic heterocycles. The Hall–Kier alpha value is -2.71. The Bertz CT molecular complexity index is 1120. The van der Waals surface area contributed by atoms with E-state index in [1.54, 1.807) is 34.8 Å². The maximum Gasteiger partial charge on any atom is 0.255 e. The van der Waals surface area contributed by atoms with Crippen molar-refractivity contribution >= 4 is 32.5 Å². The average Bonchev–Trinajstić information content (AvgIpc) is 3.16. The number of aromatic amines is 1. The van der Waals surface area contributed by atoms with Crippen LogP contribution < -0.4 is 5.32 Å². The third-order valence-corrected chi connectivity index (χ3v) is 7.15.